The molecule has 2 N–H and O–H groups in total. The molecular formula is C25H30N2O5. The van der Waals surface area contributed by atoms with E-state index >= 15 is 0 Å². The van der Waals surface area contributed by atoms with Gasteiger partial charge in [-0.25, -0.2) is 9.59 Å². The molecule has 1 atom stereocenters. The van der Waals surface area contributed by atoms with E-state index in [1.165, 1.54) is 7.11 Å². The van der Waals surface area contributed by atoms with E-state index in [1.807, 2.05) is 43.3 Å². The van der Waals surface area contributed by atoms with Gasteiger partial charge in [-0.15, -0.1) is 0 Å². The van der Waals surface area contributed by atoms with Crippen molar-refractivity contribution in [3.8, 4) is 11.5 Å². The molecule has 0 aromatic heterocycles. The molecule has 0 spiro atoms. The van der Waals surface area contributed by atoms with Crippen LogP contribution < -0.4 is 20.1 Å². The average molecular weight is 439 g/mol. The molecule has 0 saturated heterocycles. The molecule has 1 heterocycles. The van der Waals surface area contributed by atoms with Crippen LogP contribution in [-0.4, -0.2) is 26.2 Å². The first kappa shape index (κ1) is 23.2. The lowest BCUT2D eigenvalue weighted by molar-refractivity contribution is -0.136. The zero-order chi connectivity index (χ0) is 23.1. The molecule has 7 nitrogen and oxygen atoms in total. The maximum atomic E-state index is 12.8. The monoisotopic (exact) mass is 438 g/mol. The molecule has 0 aliphatic carbocycles. The zero-order valence-corrected chi connectivity index (χ0v) is 19.0. The second-order valence-corrected chi connectivity index (χ2v) is 7.68. The van der Waals surface area contributed by atoms with Crippen LogP contribution in [0.15, 0.2) is 53.7 Å². The van der Waals surface area contributed by atoms with Crippen LogP contribution in [0, 0.1) is 6.92 Å². The Labute approximate surface area is 188 Å². The molecule has 7 heteroatoms. The quantitative estimate of drug-likeness (QED) is 0.561. The maximum absolute atomic E-state index is 12.8. The molecule has 2 aromatic rings. The highest BCUT2D eigenvalue weighted by atomic mass is 16.5. The number of unbranched alkanes of at least 4 members (excludes halogenated alkanes) is 1. The first-order chi connectivity index (χ1) is 15.5. The third-order valence-electron chi connectivity index (χ3n) is 5.35. The third-order valence-corrected chi connectivity index (χ3v) is 5.35. The number of nitrogens with one attached hydrogen (secondary N) is 2. The Hall–Kier alpha value is -3.48. The van der Waals surface area contributed by atoms with Gasteiger partial charge in [-0.3, -0.25) is 0 Å². The number of para-hydroxylation sites is 1. The van der Waals surface area contributed by atoms with Crippen LogP contribution in [0.4, 0.5) is 4.79 Å². The van der Waals surface area contributed by atoms with E-state index in [0.717, 1.165) is 24.0 Å². The topological polar surface area (TPSA) is 85.9 Å². The summed E-state index contributed by atoms with van der Waals surface area (Å²) in [5.74, 6) is 0.489. The summed E-state index contributed by atoms with van der Waals surface area (Å²) in [5, 5.41) is 5.64. The first-order valence-electron chi connectivity index (χ1n) is 10.7. The molecule has 0 saturated carbocycles. The van der Waals surface area contributed by atoms with Crippen molar-refractivity contribution < 1.29 is 23.8 Å². The third kappa shape index (κ3) is 5.22. The van der Waals surface area contributed by atoms with Gasteiger partial charge in [-0.1, -0.05) is 55.3 Å². The highest BCUT2D eigenvalue weighted by Gasteiger charge is 2.35. The minimum Gasteiger partial charge on any atom is -0.493 e. The van der Waals surface area contributed by atoms with Crippen LogP contribution in [0.5, 0.6) is 11.5 Å². The number of hydrogen-bond acceptors (Lipinski definition) is 5. The zero-order valence-electron chi connectivity index (χ0n) is 19.0. The van der Waals surface area contributed by atoms with E-state index in [9.17, 15) is 9.59 Å². The van der Waals surface area contributed by atoms with Gasteiger partial charge in [0.1, 0.15) is 6.61 Å². The molecule has 0 bridgehead atoms. The van der Waals surface area contributed by atoms with E-state index in [4.69, 9.17) is 14.2 Å². The summed E-state index contributed by atoms with van der Waals surface area (Å²) in [6.45, 7) is 4.39. The van der Waals surface area contributed by atoms with Gasteiger partial charge in [0.15, 0.2) is 11.5 Å². The molecular weight excluding hydrogens is 408 g/mol. The van der Waals surface area contributed by atoms with E-state index < -0.39 is 12.0 Å². The van der Waals surface area contributed by atoms with Crippen molar-refractivity contribution in [2.45, 2.75) is 45.8 Å². The standard InChI is InChI=1S/C25H30N2O5/c1-5-6-12-19-21(24(28)31-4)22(27-25(29)26-19)18-11-8-13-20(30-3)23(18)32-15-17-10-7-9-16(2)14-17/h7-11,13-14,22H,5-6,12,15H2,1-4H3,(H2,26,27,29). The fourth-order valence-electron chi connectivity index (χ4n) is 3.79. The Kier molecular flexibility index (Phi) is 7.76. The van der Waals surface area contributed by atoms with Crippen molar-refractivity contribution >= 4 is 12.0 Å². The Balaban J connectivity index is 2.05. The van der Waals surface area contributed by atoms with E-state index in [0.29, 0.717) is 41.4 Å². The number of benzene rings is 2. The number of esters is 1. The normalized spacial score (nSPS) is 15.6. The van der Waals surface area contributed by atoms with Gasteiger partial charge in [0.05, 0.1) is 25.8 Å². The summed E-state index contributed by atoms with van der Waals surface area (Å²) in [6, 6.07) is 12.3. The molecule has 1 unspecified atom stereocenters. The van der Waals surface area contributed by atoms with Crippen LogP contribution in [0.2, 0.25) is 0 Å². The number of hydrogen-bond donors (Lipinski definition) is 2. The second kappa shape index (κ2) is 10.7. The van der Waals surface area contributed by atoms with Gasteiger partial charge in [0, 0.05) is 11.3 Å². The molecule has 3 rings (SSSR count). The molecule has 32 heavy (non-hydrogen) atoms. The lowest BCUT2D eigenvalue weighted by atomic mass is 9.92. The number of rotatable bonds is 9. The SMILES string of the molecule is CCCCC1=C(C(=O)OC)C(c2cccc(OC)c2OCc2cccc(C)c2)NC(=O)N1. The molecule has 0 fully saturated rings. The van der Waals surface area contributed by atoms with E-state index in [2.05, 4.69) is 17.6 Å². The van der Waals surface area contributed by atoms with Crippen molar-refractivity contribution in [3.63, 3.8) is 0 Å². The largest absolute Gasteiger partial charge is 0.493 e. The Bertz CT molecular complexity index is 1020. The lowest BCUT2D eigenvalue weighted by Crippen LogP contribution is -2.46. The van der Waals surface area contributed by atoms with E-state index in [1.54, 1.807) is 13.2 Å². The maximum Gasteiger partial charge on any atom is 0.337 e. The Morgan fingerprint density at radius 3 is 2.59 bits per heavy atom. The molecule has 1 aliphatic heterocycles. The van der Waals surface area contributed by atoms with Crippen LogP contribution in [0.1, 0.15) is 48.9 Å². The van der Waals surface area contributed by atoms with Gasteiger partial charge in [0.25, 0.3) is 0 Å². The van der Waals surface area contributed by atoms with Gasteiger partial charge >= 0.3 is 12.0 Å². The summed E-state index contributed by atoms with van der Waals surface area (Å²) in [4.78, 5) is 25.2. The van der Waals surface area contributed by atoms with Crippen molar-refractivity contribution in [2.24, 2.45) is 0 Å². The van der Waals surface area contributed by atoms with Crippen LogP contribution in [-0.2, 0) is 16.1 Å². The number of urea groups is 1. The van der Waals surface area contributed by atoms with E-state index in [-0.39, 0.29) is 6.03 Å². The minimum absolute atomic E-state index is 0.313. The predicted molar refractivity (Wildman–Crippen MR) is 121 cm³/mol. The number of amides is 2. The van der Waals surface area contributed by atoms with Crippen LogP contribution in [0.3, 0.4) is 0 Å². The number of allylic oxidation sites excluding steroid dienone is 1. The average Bonchev–Trinajstić information content (AvgIpc) is 2.80. The molecule has 2 aromatic carbocycles. The van der Waals surface area contributed by atoms with Gasteiger partial charge in [-0.05, 0) is 31.4 Å². The number of carbonyl (C=O) groups excluding carboxylic acids is 2. The lowest BCUT2D eigenvalue weighted by Gasteiger charge is -2.30. The number of ether oxygens (including phenoxy) is 3. The minimum atomic E-state index is -0.731. The molecule has 1 aliphatic rings. The van der Waals surface area contributed by atoms with Crippen molar-refractivity contribution in [1.29, 1.82) is 0 Å². The molecule has 0 radical (unpaired) electrons. The highest BCUT2D eigenvalue weighted by Crippen LogP contribution is 2.40. The number of aryl methyl sites for hydroxylation is 1. The molecule has 2 amide bonds. The Morgan fingerprint density at radius 2 is 1.91 bits per heavy atom. The summed E-state index contributed by atoms with van der Waals surface area (Å²) in [6.07, 6.45) is 2.32. The first-order valence-corrected chi connectivity index (χ1v) is 10.7. The van der Waals surface area contributed by atoms with Gasteiger partial charge < -0.3 is 24.8 Å². The van der Waals surface area contributed by atoms with Crippen LogP contribution in [0.25, 0.3) is 0 Å². The fraction of sp³-hybridized carbons (Fsp3) is 0.360. The van der Waals surface area contributed by atoms with Gasteiger partial charge in [-0.2, -0.15) is 0 Å². The molecule has 170 valence electrons. The van der Waals surface area contributed by atoms with Crippen molar-refractivity contribution in [2.75, 3.05) is 14.2 Å². The van der Waals surface area contributed by atoms with Gasteiger partial charge in [0.2, 0.25) is 0 Å². The predicted octanol–water partition coefficient (Wildman–Crippen LogP) is 4.55. The fourth-order valence-corrected chi connectivity index (χ4v) is 3.79. The van der Waals surface area contributed by atoms with Crippen molar-refractivity contribution in [1.82, 2.24) is 10.6 Å². The number of methoxy groups -OCH3 is 2. The van der Waals surface area contributed by atoms with Crippen LogP contribution >= 0.6 is 0 Å². The smallest absolute Gasteiger partial charge is 0.337 e. The van der Waals surface area contributed by atoms with Crippen molar-refractivity contribution in [3.05, 3.63) is 70.4 Å². The number of carbonyl (C=O) groups is 2. The summed E-state index contributed by atoms with van der Waals surface area (Å²) in [7, 11) is 2.89. The summed E-state index contributed by atoms with van der Waals surface area (Å²) < 4.78 is 16.8. The summed E-state index contributed by atoms with van der Waals surface area (Å²) in [5.41, 5.74) is 3.70. The highest BCUT2D eigenvalue weighted by molar-refractivity contribution is 5.95. The second-order valence-electron chi connectivity index (χ2n) is 7.68. The Morgan fingerprint density at radius 1 is 1.12 bits per heavy atom. The summed E-state index contributed by atoms with van der Waals surface area (Å²) >= 11 is 0.